The van der Waals surface area contributed by atoms with Gasteiger partial charge in [-0.15, -0.1) is 0 Å². The topological polar surface area (TPSA) is 73.2 Å². The number of thioether (sulfide) groups is 1. The SMILES string of the molecule is CC(Sc1nc2ccccc2c(=O)n1CC1CCCO1)C(=O)NCC(F)(F)F. The lowest BCUT2D eigenvalue weighted by Crippen LogP contribution is -2.38. The molecule has 2 atom stereocenters. The molecule has 0 aliphatic carbocycles. The van der Waals surface area contributed by atoms with Crippen LogP contribution in [0.15, 0.2) is 34.2 Å². The van der Waals surface area contributed by atoms with Gasteiger partial charge in [0.05, 0.1) is 28.8 Å². The molecule has 1 saturated heterocycles. The number of carbonyl (C=O) groups is 1. The summed E-state index contributed by atoms with van der Waals surface area (Å²) in [4.78, 5) is 29.5. The highest BCUT2D eigenvalue weighted by Crippen LogP contribution is 2.24. The summed E-state index contributed by atoms with van der Waals surface area (Å²) in [5, 5.41) is 1.74. The van der Waals surface area contributed by atoms with Crippen LogP contribution in [0.1, 0.15) is 19.8 Å². The molecule has 10 heteroatoms. The number of para-hydroxylation sites is 1. The number of amides is 1. The van der Waals surface area contributed by atoms with Crippen molar-refractivity contribution >= 4 is 28.6 Å². The number of fused-ring (bicyclic) bond motifs is 1. The number of aromatic nitrogens is 2. The fourth-order valence-electron chi connectivity index (χ4n) is 2.93. The van der Waals surface area contributed by atoms with Crippen molar-refractivity contribution in [2.24, 2.45) is 0 Å². The van der Waals surface area contributed by atoms with E-state index < -0.39 is 23.9 Å². The molecule has 28 heavy (non-hydrogen) atoms. The van der Waals surface area contributed by atoms with Crippen LogP contribution in [0.25, 0.3) is 10.9 Å². The van der Waals surface area contributed by atoms with Crippen molar-refractivity contribution in [2.75, 3.05) is 13.2 Å². The van der Waals surface area contributed by atoms with E-state index in [-0.39, 0.29) is 23.4 Å². The molecule has 1 N–H and O–H groups in total. The maximum absolute atomic E-state index is 13.0. The first-order valence-corrected chi connectivity index (χ1v) is 9.75. The Morgan fingerprint density at radius 1 is 1.43 bits per heavy atom. The van der Waals surface area contributed by atoms with Crippen molar-refractivity contribution in [3.05, 3.63) is 34.6 Å². The van der Waals surface area contributed by atoms with Gasteiger partial charge < -0.3 is 10.1 Å². The standard InChI is InChI=1S/C18H20F3N3O3S/c1-11(15(25)22-10-18(19,20)21)28-17-23-14-7-3-2-6-13(14)16(26)24(17)9-12-5-4-8-27-12/h2-3,6-7,11-12H,4-5,8-10H2,1H3,(H,22,25). The number of nitrogens with one attached hydrogen (secondary N) is 1. The van der Waals surface area contributed by atoms with Crippen LogP contribution in [-0.4, -0.2) is 46.1 Å². The molecule has 2 unspecified atom stereocenters. The van der Waals surface area contributed by atoms with E-state index in [2.05, 4.69) is 4.98 Å². The number of nitrogens with zero attached hydrogens (tertiary/aromatic N) is 2. The molecule has 2 aromatic rings. The van der Waals surface area contributed by atoms with Gasteiger partial charge in [-0.1, -0.05) is 23.9 Å². The quantitative estimate of drug-likeness (QED) is 0.580. The average Bonchev–Trinajstić information content (AvgIpc) is 3.15. The summed E-state index contributed by atoms with van der Waals surface area (Å²) in [5.74, 6) is -0.770. The van der Waals surface area contributed by atoms with Crippen LogP contribution in [0, 0.1) is 0 Å². The molecule has 1 aromatic carbocycles. The lowest BCUT2D eigenvalue weighted by molar-refractivity contribution is -0.137. The highest BCUT2D eigenvalue weighted by molar-refractivity contribution is 8.00. The van der Waals surface area contributed by atoms with E-state index in [1.807, 2.05) is 5.32 Å². The van der Waals surface area contributed by atoms with Gasteiger partial charge in [-0.3, -0.25) is 14.2 Å². The third-order valence-corrected chi connectivity index (χ3v) is 5.44. The maximum Gasteiger partial charge on any atom is 0.405 e. The monoisotopic (exact) mass is 415 g/mol. The van der Waals surface area contributed by atoms with Crippen molar-refractivity contribution in [3.63, 3.8) is 0 Å². The second-order valence-electron chi connectivity index (χ2n) is 6.56. The highest BCUT2D eigenvalue weighted by Gasteiger charge is 2.29. The van der Waals surface area contributed by atoms with E-state index in [1.165, 1.54) is 11.5 Å². The Bertz CT molecular complexity index is 910. The Balaban J connectivity index is 1.87. The number of hydrogen-bond donors (Lipinski definition) is 1. The van der Waals surface area contributed by atoms with Gasteiger partial charge in [0.25, 0.3) is 5.56 Å². The summed E-state index contributed by atoms with van der Waals surface area (Å²) in [6.45, 7) is 0.994. The van der Waals surface area contributed by atoms with E-state index in [0.717, 1.165) is 24.6 Å². The Hall–Kier alpha value is -2.07. The molecule has 0 bridgehead atoms. The van der Waals surface area contributed by atoms with Crippen LogP contribution in [0.3, 0.4) is 0 Å². The molecule has 1 amide bonds. The van der Waals surface area contributed by atoms with Crippen molar-refractivity contribution in [3.8, 4) is 0 Å². The Labute approximate surface area is 163 Å². The number of carbonyl (C=O) groups excluding carboxylic acids is 1. The molecular formula is C18H20F3N3O3S. The zero-order valence-corrected chi connectivity index (χ0v) is 16.0. The number of ether oxygens (including phenoxy) is 1. The fraction of sp³-hybridized carbons (Fsp3) is 0.500. The summed E-state index contributed by atoms with van der Waals surface area (Å²) >= 11 is 0.958. The average molecular weight is 415 g/mol. The molecule has 152 valence electrons. The van der Waals surface area contributed by atoms with Crippen molar-refractivity contribution in [2.45, 2.75) is 49.0 Å². The van der Waals surface area contributed by atoms with Crippen LogP contribution < -0.4 is 10.9 Å². The second-order valence-corrected chi connectivity index (χ2v) is 7.86. The summed E-state index contributed by atoms with van der Waals surface area (Å²) in [6, 6.07) is 6.84. The largest absolute Gasteiger partial charge is 0.405 e. The molecule has 0 spiro atoms. The lowest BCUT2D eigenvalue weighted by Gasteiger charge is -2.18. The van der Waals surface area contributed by atoms with Crippen molar-refractivity contribution < 1.29 is 22.7 Å². The van der Waals surface area contributed by atoms with E-state index in [1.54, 1.807) is 24.3 Å². The van der Waals surface area contributed by atoms with Crippen LogP contribution in [0.4, 0.5) is 13.2 Å². The summed E-state index contributed by atoms with van der Waals surface area (Å²) in [5.41, 5.74) is 0.216. The van der Waals surface area contributed by atoms with Crippen LogP contribution >= 0.6 is 11.8 Å². The van der Waals surface area contributed by atoms with Gasteiger partial charge in [0.15, 0.2) is 5.16 Å². The smallest absolute Gasteiger partial charge is 0.376 e. The first-order valence-electron chi connectivity index (χ1n) is 8.87. The molecule has 6 nitrogen and oxygen atoms in total. The second kappa shape index (κ2) is 8.52. The third-order valence-electron chi connectivity index (χ3n) is 4.35. The zero-order chi connectivity index (χ0) is 20.3. The Morgan fingerprint density at radius 3 is 2.86 bits per heavy atom. The van der Waals surface area contributed by atoms with Gasteiger partial charge in [-0.25, -0.2) is 4.98 Å². The normalized spacial score (nSPS) is 18.4. The van der Waals surface area contributed by atoms with E-state index in [0.29, 0.717) is 17.5 Å². The summed E-state index contributed by atoms with van der Waals surface area (Å²) in [6.07, 6.45) is -2.90. The Kier molecular flexibility index (Phi) is 6.29. The van der Waals surface area contributed by atoms with Gasteiger partial charge in [0, 0.05) is 6.61 Å². The van der Waals surface area contributed by atoms with Crippen LogP contribution in [-0.2, 0) is 16.1 Å². The zero-order valence-electron chi connectivity index (χ0n) is 15.2. The molecule has 1 fully saturated rings. The molecule has 3 rings (SSSR count). The van der Waals surface area contributed by atoms with Gasteiger partial charge >= 0.3 is 6.18 Å². The number of hydrogen-bond acceptors (Lipinski definition) is 5. The maximum atomic E-state index is 13.0. The molecule has 0 saturated carbocycles. The Morgan fingerprint density at radius 2 is 2.18 bits per heavy atom. The van der Waals surface area contributed by atoms with Crippen LogP contribution in [0.2, 0.25) is 0 Å². The molecule has 0 radical (unpaired) electrons. The van der Waals surface area contributed by atoms with E-state index in [4.69, 9.17) is 4.74 Å². The number of benzene rings is 1. The minimum absolute atomic E-state index is 0.130. The van der Waals surface area contributed by atoms with E-state index >= 15 is 0 Å². The first-order chi connectivity index (χ1) is 13.2. The van der Waals surface area contributed by atoms with Gasteiger partial charge in [-0.05, 0) is 31.9 Å². The van der Waals surface area contributed by atoms with Gasteiger partial charge in [0.1, 0.15) is 6.54 Å². The first kappa shape index (κ1) is 20.7. The molecule has 1 aliphatic rings. The van der Waals surface area contributed by atoms with Crippen molar-refractivity contribution in [1.82, 2.24) is 14.9 Å². The van der Waals surface area contributed by atoms with Gasteiger partial charge in [-0.2, -0.15) is 13.2 Å². The number of halogens is 3. The molecule has 1 aliphatic heterocycles. The van der Waals surface area contributed by atoms with Crippen LogP contribution in [0.5, 0.6) is 0 Å². The number of alkyl halides is 3. The minimum atomic E-state index is -4.48. The lowest BCUT2D eigenvalue weighted by atomic mass is 10.2. The third kappa shape index (κ3) is 5.05. The van der Waals surface area contributed by atoms with E-state index in [9.17, 15) is 22.8 Å². The highest BCUT2D eigenvalue weighted by atomic mass is 32.2. The molecular weight excluding hydrogens is 395 g/mol. The predicted molar refractivity (Wildman–Crippen MR) is 99.4 cm³/mol. The summed E-state index contributed by atoms with van der Waals surface area (Å²) in [7, 11) is 0. The van der Waals surface area contributed by atoms with Gasteiger partial charge in [0.2, 0.25) is 5.91 Å². The molecule has 2 heterocycles. The fourth-order valence-corrected chi connectivity index (χ4v) is 3.88. The summed E-state index contributed by atoms with van der Waals surface area (Å²) < 4.78 is 44.1. The van der Waals surface area contributed by atoms with Crippen molar-refractivity contribution in [1.29, 1.82) is 0 Å². The number of rotatable bonds is 6. The predicted octanol–water partition coefficient (Wildman–Crippen LogP) is 2.73. The molecule has 1 aromatic heterocycles. The minimum Gasteiger partial charge on any atom is -0.376 e.